The molecule has 1 aromatic heterocycles. The number of fused-ring (bicyclic) bond motifs is 1. The number of halogens is 1. The molecule has 5 nitrogen and oxygen atoms in total. The van der Waals surface area contributed by atoms with Crippen LogP contribution < -0.4 is 4.90 Å². The van der Waals surface area contributed by atoms with Crippen LogP contribution >= 0.6 is 11.8 Å². The fraction of sp³-hybridized carbons (Fsp3) is 0.250. The molecule has 0 fully saturated rings. The highest BCUT2D eigenvalue weighted by molar-refractivity contribution is 7.99. The summed E-state index contributed by atoms with van der Waals surface area (Å²) in [7, 11) is 1.88. The lowest BCUT2D eigenvalue weighted by Crippen LogP contribution is -2.24. The zero-order chi connectivity index (χ0) is 19.1. The zero-order valence-electron chi connectivity index (χ0n) is 15.3. The van der Waals surface area contributed by atoms with Crippen LogP contribution in [0.15, 0.2) is 47.9 Å². The molecule has 3 aromatic rings. The number of aryl methyl sites for hydroxylation is 2. The van der Waals surface area contributed by atoms with E-state index in [1.54, 1.807) is 36.3 Å². The minimum Gasteiger partial charge on any atom is -0.312 e. The topological polar surface area (TPSA) is 51.0 Å². The van der Waals surface area contributed by atoms with Crippen LogP contribution in [-0.2, 0) is 13.6 Å². The third kappa shape index (κ3) is 3.12. The molecular weight excluding hydrogens is 363 g/mol. The summed E-state index contributed by atoms with van der Waals surface area (Å²) >= 11 is 1.54. The lowest BCUT2D eigenvalue weighted by atomic mass is 10.1. The number of hydrogen-bond donors (Lipinski definition) is 0. The van der Waals surface area contributed by atoms with Gasteiger partial charge in [0.2, 0.25) is 0 Å². The largest absolute Gasteiger partial charge is 0.312 e. The summed E-state index contributed by atoms with van der Waals surface area (Å²) in [6.07, 6.45) is 1.65. The van der Waals surface area contributed by atoms with Crippen molar-refractivity contribution in [2.24, 2.45) is 7.05 Å². The fourth-order valence-electron chi connectivity index (χ4n) is 3.28. The number of carbonyl (C=O) groups excluding carboxylic acids is 1. The second-order valence-corrected chi connectivity index (χ2v) is 8.00. The van der Waals surface area contributed by atoms with Gasteiger partial charge in [0.1, 0.15) is 12.1 Å². The summed E-state index contributed by atoms with van der Waals surface area (Å²) in [4.78, 5) is 14.3. The predicted octanol–water partition coefficient (Wildman–Crippen LogP) is 4.28. The Balaban J connectivity index is 1.65. The highest BCUT2D eigenvalue weighted by Crippen LogP contribution is 2.37. The minimum atomic E-state index is -0.395. The highest BCUT2D eigenvalue weighted by Gasteiger charge is 2.31. The molecule has 0 aliphatic carbocycles. The monoisotopic (exact) mass is 382 g/mol. The van der Waals surface area contributed by atoms with Crippen molar-refractivity contribution in [3.8, 4) is 0 Å². The summed E-state index contributed by atoms with van der Waals surface area (Å²) in [6, 6.07) is 10.6. The molecule has 0 spiro atoms. The molecule has 27 heavy (non-hydrogen) atoms. The zero-order valence-corrected chi connectivity index (χ0v) is 16.1. The summed E-state index contributed by atoms with van der Waals surface area (Å²) in [6.45, 7) is 4.40. The maximum absolute atomic E-state index is 14.6. The van der Waals surface area contributed by atoms with Crippen LogP contribution in [0, 0.1) is 12.7 Å². The predicted molar refractivity (Wildman–Crippen MR) is 103 cm³/mol. The van der Waals surface area contributed by atoms with Crippen molar-refractivity contribution in [2.45, 2.75) is 30.8 Å². The van der Waals surface area contributed by atoms with Crippen molar-refractivity contribution in [1.82, 2.24) is 14.8 Å². The molecular formula is C20H19FN4OS. The molecule has 0 unspecified atom stereocenters. The molecule has 1 amide bonds. The van der Waals surface area contributed by atoms with Gasteiger partial charge in [-0.25, -0.2) is 4.39 Å². The number of amides is 1. The number of anilines is 1. The molecule has 2 heterocycles. The van der Waals surface area contributed by atoms with Gasteiger partial charge in [-0.1, -0.05) is 30.0 Å². The van der Waals surface area contributed by atoms with Gasteiger partial charge in [0.15, 0.2) is 5.16 Å². The first-order chi connectivity index (χ1) is 13.0. The van der Waals surface area contributed by atoms with Crippen LogP contribution in [0.3, 0.4) is 0 Å². The fourth-order valence-corrected chi connectivity index (χ4v) is 4.18. The van der Waals surface area contributed by atoms with E-state index in [4.69, 9.17) is 0 Å². The van der Waals surface area contributed by atoms with Crippen LogP contribution in [0.1, 0.15) is 39.2 Å². The smallest absolute Gasteiger partial charge is 0.259 e. The normalized spacial score (nSPS) is 14.5. The Kier molecular flexibility index (Phi) is 4.47. The van der Waals surface area contributed by atoms with Crippen molar-refractivity contribution < 1.29 is 9.18 Å². The Hall–Kier alpha value is -2.67. The van der Waals surface area contributed by atoms with E-state index in [0.717, 1.165) is 21.8 Å². The SMILES string of the molecule is Cc1cccc2c1CN(c1cc([C@@H](C)Sc3nncn3C)ccc1F)C2=O. The molecule has 2 aromatic carbocycles. The number of carbonyl (C=O) groups is 1. The van der Waals surface area contributed by atoms with Gasteiger partial charge in [-0.15, -0.1) is 10.2 Å². The molecule has 1 aliphatic heterocycles. The lowest BCUT2D eigenvalue weighted by Gasteiger charge is -2.19. The Morgan fingerprint density at radius 1 is 1.26 bits per heavy atom. The van der Waals surface area contributed by atoms with Gasteiger partial charge < -0.3 is 9.47 Å². The molecule has 1 aliphatic rings. The van der Waals surface area contributed by atoms with Gasteiger partial charge in [-0.05, 0) is 48.7 Å². The van der Waals surface area contributed by atoms with E-state index in [1.807, 2.05) is 37.6 Å². The van der Waals surface area contributed by atoms with Crippen molar-refractivity contribution in [3.05, 3.63) is 70.8 Å². The minimum absolute atomic E-state index is 0.0362. The van der Waals surface area contributed by atoms with Crippen molar-refractivity contribution in [3.63, 3.8) is 0 Å². The first-order valence-corrected chi connectivity index (χ1v) is 9.54. The number of benzene rings is 2. The molecule has 138 valence electrons. The molecule has 0 saturated heterocycles. The summed E-state index contributed by atoms with van der Waals surface area (Å²) in [5.41, 5.74) is 3.92. The van der Waals surface area contributed by atoms with Gasteiger partial charge >= 0.3 is 0 Å². The summed E-state index contributed by atoms with van der Waals surface area (Å²) in [5, 5.41) is 8.79. The van der Waals surface area contributed by atoms with Crippen LogP contribution in [-0.4, -0.2) is 20.7 Å². The average molecular weight is 382 g/mol. The van der Waals surface area contributed by atoms with Gasteiger partial charge in [0.05, 0.1) is 12.2 Å². The van der Waals surface area contributed by atoms with E-state index in [0.29, 0.717) is 17.8 Å². The Labute approximate surface area is 161 Å². The van der Waals surface area contributed by atoms with Crippen LogP contribution in [0.25, 0.3) is 0 Å². The highest BCUT2D eigenvalue weighted by atomic mass is 32.2. The number of thioether (sulfide) groups is 1. The molecule has 1 atom stereocenters. The Morgan fingerprint density at radius 2 is 2.07 bits per heavy atom. The van der Waals surface area contributed by atoms with E-state index >= 15 is 0 Å². The average Bonchev–Trinajstić information content (AvgIpc) is 3.20. The molecule has 0 radical (unpaired) electrons. The Bertz CT molecular complexity index is 1030. The van der Waals surface area contributed by atoms with Gasteiger partial charge in [-0.2, -0.15) is 0 Å². The standard InChI is InChI=1S/C20H19FN4OS/c1-12-5-4-6-15-16(12)10-25(19(15)26)18-9-14(7-8-17(18)21)13(2)27-20-23-22-11-24(20)3/h4-9,11,13H,10H2,1-3H3/t13-/m1/s1. The summed E-state index contributed by atoms with van der Waals surface area (Å²) < 4.78 is 16.4. The number of aromatic nitrogens is 3. The van der Waals surface area contributed by atoms with E-state index in [-0.39, 0.29) is 11.2 Å². The lowest BCUT2D eigenvalue weighted by molar-refractivity contribution is 0.0996. The third-order valence-corrected chi connectivity index (χ3v) is 6.09. The van der Waals surface area contributed by atoms with Crippen molar-refractivity contribution in [1.29, 1.82) is 0 Å². The van der Waals surface area contributed by atoms with Gasteiger partial charge in [-0.3, -0.25) is 4.79 Å². The molecule has 0 saturated carbocycles. The molecule has 0 bridgehead atoms. The Morgan fingerprint density at radius 3 is 2.78 bits per heavy atom. The maximum atomic E-state index is 14.6. The van der Waals surface area contributed by atoms with Crippen LogP contribution in [0.2, 0.25) is 0 Å². The second-order valence-electron chi connectivity index (χ2n) is 6.69. The number of nitrogens with zero attached hydrogens (tertiary/aromatic N) is 4. The van der Waals surface area contributed by atoms with Crippen LogP contribution in [0.4, 0.5) is 10.1 Å². The van der Waals surface area contributed by atoms with E-state index < -0.39 is 5.82 Å². The number of rotatable bonds is 4. The molecule has 0 N–H and O–H groups in total. The summed E-state index contributed by atoms with van der Waals surface area (Å²) in [5.74, 6) is -0.549. The quantitative estimate of drug-likeness (QED) is 0.632. The number of hydrogen-bond acceptors (Lipinski definition) is 4. The first kappa shape index (κ1) is 17.7. The maximum Gasteiger partial charge on any atom is 0.259 e. The van der Waals surface area contributed by atoms with Crippen LogP contribution in [0.5, 0.6) is 0 Å². The van der Waals surface area contributed by atoms with Crippen molar-refractivity contribution >= 4 is 23.4 Å². The van der Waals surface area contributed by atoms with Gasteiger partial charge in [0, 0.05) is 17.9 Å². The van der Waals surface area contributed by atoms with E-state index in [1.165, 1.54) is 11.0 Å². The van der Waals surface area contributed by atoms with Gasteiger partial charge in [0.25, 0.3) is 5.91 Å². The second kappa shape index (κ2) is 6.81. The van der Waals surface area contributed by atoms with Crippen molar-refractivity contribution in [2.75, 3.05) is 4.90 Å². The van der Waals surface area contributed by atoms with E-state index in [9.17, 15) is 9.18 Å². The third-order valence-electron chi connectivity index (χ3n) is 4.88. The molecule has 4 rings (SSSR count). The molecule has 7 heteroatoms. The first-order valence-electron chi connectivity index (χ1n) is 8.66. The van der Waals surface area contributed by atoms with E-state index in [2.05, 4.69) is 10.2 Å².